The van der Waals surface area contributed by atoms with Crippen LogP contribution in [-0.2, 0) is 0 Å². The van der Waals surface area contributed by atoms with E-state index in [0.717, 1.165) is 6.42 Å². The summed E-state index contributed by atoms with van der Waals surface area (Å²) in [6, 6.07) is 5.17. The van der Waals surface area contributed by atoms with E-state index in [4.69, 9.17) is 16.9 Å². The van der Waals surface area contributed by atoms with Crippen LogP contribution in [0.25, 0.3) is 0 Å². The molecule has 0 fully saturated rings. The predicted molar refractivity (Wildman–Crippen MR) is 69.5 cm³/mol. The molecule has 5 heteroatoms. The lowest BCUT2D eigenvalue weighted by Crippen LogP contribution is -1.98. The van der Waals surface area contributed by atoms with E-state index in [9.17, 15) is 4.39 Å². The van der Waals surface area contributed by atoms with Crippen molar-refractivity contribution in [1.82, 2.24) is 0 Å². The quantitative estimate of drug-likeness (QED) is 0.599. The molecule has 1 aromatic rings. The zero-order valence-electron chi connectivity index (χ0n) is 8.64. The Bertz CT molecular complexity index is 419. The van der Waals surface area contributed by atoms with E-state index < -0.39 is 0 Å². The van der Waals surface area contributed by atoms with Gasteiger partial charge < -0.3 is 0 Å². The average molecular weight is 323 g/mol. The Morgan fingerprint density at radius 1 is 1.62 bits per heavy atom. The van der Waals surface area contributed by atoms with Crippen LogP contribution in [0.3, 0.4) is 0 Å². The maximum absolute atomic E-state index is 13.8. The number of thioether (sulfide) groups is 1. The van der Waals surface area contributed by atoms with E-state index in [-0.39, 0.29) is 15.5 Å². The summed E-state index contributed by atoms with van der Waals surface area (Å²) >= 11 is 10.1. The Kier molecular flexibility index (Phi) is 5.60. The van der Waals surface area contributed by atoms with Gasteiger partial charge in [0.1, 0.15) is 6.07 Å². The molecule has 86 valence electrons. The molecule has 0 aliphatic carbocycles. The van der Waals surface area contributed by atoms with Crippen molar-refractivity contribution >= 4 is 39.3 Å². The Hall–Kier alpha value is -0.240. The zero-order valence-corrected chi connectivity index (χ0v) is 11.8. The molecule has 0 spiro atoms. The van der Waals surface area contributed by atoms with Gasteiger partial charge in [0.05, 0.1) is 10.0 Å². The highest BCUT2D eigenvalue weighted by atomic mass is 79.9. The van der Waals surface area contributed by atoms with E-state index in [1.165, 1.54) is 11.8 Å². The molecule has 0 saturated heterocycles. The lowest BCUT2D eigenvalue weighted by Gasteiger charge is -2.11. The van der Waals surface area contributed by atoms with Crippen LogP contribution in [0.5, 0.6) is 0 Å². The Morgan fingerprint density at radius 2 is 2.31 bits per heavy atom. The number of benzene rings is 1. The second-order valence-corrected chi connectivity index (χ2v) is 5.91. The molecule has 1 nitrogen and oxygen atoms in total. The summed E-state index contributed by atoms with van der Waals surface area (Å²) in [5.41, 5.74) is 0.312. The molecule has 0 aliphatic heterocycles. The predicted octanol–water partition coefficient (Wildman–Crippen LogP) is 4.57. The number of hydrogen-bond acceptors (Lipinski definition) is 2. The van der Waals surface area contributed by atoms with Gasteiger partial charge >= 0.3 is 0 Å². The molecular weight excluding hydrogens is 313 g/mol. The van der Waals surface area contributed by atoms with Crippen molar-refractivity contribution in [1.29, 1.82) is 5.26 Å². The van der Waals surface area contributed by atoms with Crippen LogP contribution < -0.4 is 0 Å². The number of nitrogens with zero attached hydrogens (tertiary/aromatic N) is 1. The van der Waals surface area contributed by atoms with Gasteiger partial charge in [0.2, 0.25) is 0 Å². The molecule has 0 N–H and O–H groups in total. The van der Waals surface area contributed by atoms with Gasteiger partial charge in [-0.25, -0.2) is 4.39 Å². The summed E-state index contributed by atoms with van der Waals surface area (Å²) in [6.45, 7) is 2.00. The third-order valence-corrected chi connectivity index (χ3v) is 4.21. The Morgan fingerprint density at radius 3 is 2.88 bits per heavy atom. The fourth-order valence-electron chi connectivity index (χ4n) is 1.14. The van der Waals surface area contributed by atoms with Crippen molar-refractivity contribution in [2.45, 2.75) is 23.5 Å². The molecule has 0 radical (unpaired) electrons. The summed E-state index contributed by atoms with van der Waals surface area (Å²) in [4.78, 5) is 0.545. The third-order valence-electron chi connectivity index (χ3n) is 2.01. The van der Waals surface area contributed by atoms with Crippen LogP contribution in [0.15, 0.2) is 21.5 Å². The monoisotopic (exact) mass is 321 g/mol. The number of alkyl halides is 1. The minimum atomic E-state index is -0.370. The van der Waals surface area contributed by atoms with Gasteiger partial charge in [-0.3, -0.25) is 0 Å². The van der Waals surface area contributed by atoms with Gasteiger partial charge in [0, 0.05) is 16.0 Å². The van der Waals surface area contributed by atoms with E-state index >= 15 is 0 Å². The topological polar surface area (TPSA) is 23.8 Å². The fraction of sp³-hybridized carbons (Fsp3) is 0.364. The molecular formula is C11H10BrClFNS. The SMILES string of the molecule is CC(CCCl)Sc1ccc(C#N)c(Br)c1F. The van der Waals surface area contributed by atoms with Crippen LogP contribution in [-0.4, -0.2) is 11.1 Å². The summed E-state index contributed by atoms with van der Waals surface area (Å²) in [5, 5.41) is 8.99. The zero-order chi connectivity index (χ0) is 12.1. The van der Waals surface area contributed by atoms with Gasteiger partial charge in [0.15, 0.2) is 5.82 Å². The van der Waals surface area contributed by atoms with Gasteiger partial charge in [-0.15, -0.1) is 23.4 Å². The summed E-state index contributed by atoms with van der Waals surface area (Å²) in [7, 11) is 0. The van der Waals surface area contributed by atoms with Crippen molar-refractivity contribution < 1.29 is 4.39 Å². The molecule has 0 bridgehead atoms. The number of nitriles is 1. The van der Waals surface area contributed by atoms with Gasteiger partial charge in [-0.1, -0.05) is 6.92 Å². The number of hydrogen-bond donors (Lipinski definition) is 0. The minimum Gasteiger partial charge on any atom is -0.204 e. The molecule has 0 aliphatic rings. The van der Waals surface area contributed by atoms with Crippen LogP contribution in [0.1, 0.15) is 18.9 Å². The second kappa shape index (κ2) is 6.48. The summed E-state index contributed by atoms with van der Waals surface area (Å²) in [6.07, 6.45) is 0.823. The highest BCUT2D eigenvalue weighted by Gasteiger charge is 2.13. The summed E-state index contributed by atoms with van der Waals surface area (Å²) < 4.78 is 14.0. The molecule has 0 amide bonds. The average Bonchev–Trinajstić information content (AvgIpc) is 2.25. The van der Waals surface area contributed by atoms with Crippen molar-refractivity contribution in [2.75, 3.05) is 5.88 Å². The maximum atomic E-state index is 13.8. The summed E-state index contributed by atoms with van der Waals surface area (Å²) in [5.74, 6) is 0.193. The van der Waals surface area contributed by atoms with Gasteiger partial charge in [0.25, 0.3) is 0 Å². The van der Waals surface area contributed by atoms with E-state index in [0.29, 0.717) is 16.3 Å². The van der Waals surface area contributed by atoms with Crippen molar-refractivity contribution in [3.05, 3.63) is 28.0 Å². The molecule has 1 atom stereocenters. The van der Waals surface area contributed by atoms with E-state index in [1.807, 2.05) is 13.0 Å². The first-order chi connectivity index (χ1) is 7.60. The normalized spacial score (nSPS) is 12.2. The first-order valence-electron chi connectivity index (χ1n) is 4.70. The van der Waals surface area contributed by atoms with Crippen molar-refractivity contribution in [3.8, 4) is 6.07 Å². The van der Waals surface area contributed by atoms with Crippen LogP contribution in [0.4, 0.5) is 4.39 Å². The Labute approximate surface area is 112 Å². The van der Waals surface area contributed by atoms with E-state index in [2.05, 4.69) is 15.9 Å². The molecule has 0 heterocycles. The molecule has 0 aromatic heterocycles. The third kappa shape index (κ3) is 3.38. The number of rotatable bonds is 4. The minimum absolute atomic E-state index is 0.234. The van der Waals surface area contributed by atoms with Crippen LogP contribution in [0, 0.1) is 17.1 Å². The highest BCUT2D eigenvalue weighted by Crippen LogP contribution is 2.33. The largest absolute Gasteiger partial charge is 0.204 e. The van der Waals surface area contributed by atoms with Crippen LogP contribution >= 0.6 is 39.3 Å². The maximum Gasteiger partial charge on any atom is 0.152 e. The molecule has 16 heavy (non-hydrogen) atoms. The highest BCUT2D eigenvalue weighted by molar-refractivity contribution is 9.10. The van der Waals surface area contributed by atoms with Gasteiger partial charge in [-0.05, 0) is 34.5 Å². The first kappa shape index (κ1) is 13.8. The molecule has 0 saturated carbocycles. The number of halogens is 3. The van der Waals surface area contributed by atoms with Crippen molar-refractivity contribution in [3.63, 3.8) is 0 Å². The van der Waals surface area contributed by atoms with Crippen LogP contribution in [0.2, 0.25) is 0 Å². The standard InChI is InChI=1S/C11H10BrClFNS/c1-7(4-5-13)16-9-3-2-8(6-15)10(12)11(9)14/h2-3,7H,4-5H2,1H3. The molecule has 1 unspecified atom stereocenters. The van der Waals surface area contributed by atoms with E-state index in [1.54, 1.807) is 12.1 Å². The van der Waals surface area contributed by atoms with Gasteiger partial charge in [-0.2, -0.15) is 5.26 Å². The molecule has 1 aromatic carbocycles. The smallest absolute Gasteiger partial charge is 0.152 e. The lowest BCUT2D eigenvalue weighted by atomic mass is 10.2. The molecule has 1 rings (SSSR count). The van der Waals surface area contributed by atoms with Crippen molar-refractivity contribution in [2.24, 2.45) is 0 Å². The second-order valence-electron chi connectivity index (χ2n) is 3.26. The lowest BCUT2D eigenvalue weighted by molar-refractivity contribution is 0.594. The first-order valence-corrected chi connectivity index (χ1v) is 6.91. The Balaban J connectivity index is 2.91. The fourth-order valence-corrected chi connectivity index (χ4v) is 3.18.